The van der Waals surface area contributed by atoms with E-state index in [0.717, 1.165) is 19.5 Å². The average Bonchev–Trinajstić information content (AvgIpc) is 2.83. The van der Waals surface area contributed by atoms with Gasteiger partial charge in [-0.25, -0.2) is 13.1 Å². The average molecular weight is 306 g/mol. The quantitative estimate of drug-likeness (QED) is 0.666. The SMILES string of the molecule is O=C(O)CCCS(=O)(=O)NCC1CN2CCCC2CO1. The molecule has 116 valence electrons. The lowest BCUT2D eigenvalue weighted by Crippen LogP contribution is -2.50. The van der Waals surface area contributed by atoms with Gasteiger partial charge in [0.15, 0.2) is 0 Å². The van der Waals surface area contributed by atoms with Crippen LogP contribution >= 0.6 is 0 Å². The highest BCUT2D eigenvalue weighted by atomic mass is 32.2. The first kappa shape index (κ1) is 15.7. The fraction of sp³-hybridized carbons (Fsp3) is 0.917. The molecule has 2 unspecified atom stereocenters. The highest BCUT2D eigenvalue weighted by Gasteiger charge is 2.32. The second-order valence-corrected chi connectivity index (χ2v) is 7.34. The maximum atomic E-state index is 11.7. The number of sulfonamides is 1. The van der Waals surface area contributed by atoms with E-state index in [1.54, 1.807) is 0 Å². The van der Waals surface area contributed by atoms with Gasteiger partial charge in [-0.2, -0.15) is 0 Å². The molecule has 0 radical (unpaired) electrons. The van der Waals surface area contributed by atoms with Gasteiger partial charge in [-0.05, 0) is 25.8 Å². The Balaban J connectivity index is 1.70. The molecule has 2 saturated heterocycles. The fourth-order valence-electron chi connectivity index (χ4n) is 2.71. The summed E-state index contributed by atoms with van der Waals surface area (Å²) in [6.07, 6.45) is 2.23. The Hall–Kier alpha value is -0.700. The summed E-state index contributed by atoms with van der Waals surface area (Å²) >= 11 is 0. The summed E-state index contributed by atoms with van der Waals surface area (Å²) in [5, 5.41) is 8.49. The number of hydrogen-bond donors (Lipinski definition) is 2. The fourth-order valence-corrected chi connectivity index (χ4v) is 3.82. The van der Waals surface area contributed by atoms with Gasteiger partial charge in [-0.15, -0.1) is 0 Å². The normalized spacial score (nSPS) is 27.4. The van der Waals surface area contributed by atoms with E-state index in [4.69, 9.17) is 9.84 Å². The monoisotopic (exact) mass is 306 g/mol. The molecular formula is C12H22N2O5S. The van der Waals surface area contributed by atoms with Gasteiger partial charge in [0.2, 0.25) is 10.0 Å². The van der Waals surface area contributed by atoms with Crippen molar-refractivity contribution in [1.29, 1.82) is 0 Å². The Morgan fingerprint density at radius 2 is 2.25 bits per heavy atom. The predicted molar refractivity (Wildman–Crippen MR) is 73.0 cm³/mol. The maximum absolute atomic E-state index is 11.7. The maximum Gasteiger partial charge on any atom is 0.303 e. The van der Waals surface area contributed by atoms with Gasteiger partial charge in [0.1, 0.15) is 0 Å². The third kappa shape index (κ3) is 4.69. The number of carbonyl (C=O) groups is 1. The van der Waals surface area contributed by atoms with Crippen LogP contribution in [0.1, 0.15) is 25.7 Å². The predicted octanol–water partition coefficient (Wildman–Crippen LogP) is -0.366. The van der Waals surface area contributed by atoms with Crippen LogP contribution in [0.15, 0.2) is 0 Å². The van der Waals surface area contributed by atoms with Crippen LogP contribution in [-0.2, 0) is 19.6 Å². The first-order valence-electron chi connectivity index (χ1n) is 7.01. The van der Waals surface area contributed by atoms with Gasteiger partial charge in [0.05, 0.1) is 18.5 Å². The van der Waals surface area contributed by atoms with E-state index >= 15 is 0 Å². The Morgan fingerprint density at radius 3 is 3.00 bits per heavy atom. The summed E-state index contributed by atoms with van der Waals surface area (Å²) in [6, 6.07) is 0.499. The van der Waals surface area contributed by atoms with Crippen molar-refractivity contribution in [2.24, 2.45) is 0 Å². The van der Waals surface area contributed by atoms with Crippen molar-refractivity contribution in [1.82, 2.24) is 9.62 Å². The molecule has 7 nitrogen and oxygen atoms in total. The third-order valence-electron chi connectivity index (χ3n) is 3.80. The smallest absolute Gasteiger partial charge is 0.303 e. The van der Waals surface area contributed by atoms with E-state index in [9.17, 15) is 13.2 Å². The Kier molecular flexibility index (Phi) is 5.36. The van der Waals surface area contributed by atoms with Crippen molar-refractivity contribution in [2.75, 3.05) is 32.0 Å². The van der Waals surface area contributed by atoms with E-state index in [1.807, 2.05) is 0 Å². The minimum atomic E-state index is -3.41. The van der Waals surface area contributed by atoms with Crippen LogP contribution in [0, 0.1) is 0 Å². The molecule has 20 heavy (non-hydrogen) atoms. The highest BCUT2D eigenvalue weighted by Crippen LogP contribution is 2.22. The Bertz CT molecular complexity index is 439. The third-order valence-corrected chi connectivity index (χ3v) is 5.23. The van der Waals surface area contributed by atoms with E-state index < -0.39 is 16.0 Å². The summed E-state index contributed by atoms with van der Waals surface area (Å²) in [5.74, 6) is -1.13. The van der Waals surface area contributed by atoms with Crippen molar-refractivity contribution in [2.45, 2.75) is 37.8 Å². The molecule has 0 aromatic rings. The lowest BCUT2D eigenvalue weighted by Gasteiger charge is -2.35. The molecule has 0 spiro atoms. The van der Waals surface area contributed by atoms with Crippen molar-refractivity contribution in [3.05, 3.63) is 0 Å². The van der Waals surface area contributed by atoms with Crippen molar-refractivity contribution in [3.8, 4) is 0 Å². The molecule has 2 aliphatic rings. The zero-order chi connectivity index (χ0) is 14.6. The van der Waals surface area contributed by atoms with E-state index in [0.29, 0.717) is 12.6 Å². The largest absolute Gasteiger partial charge is 0.481 e. The number of carboxylic acid groups (broad SMARTS) is 1. The summed E-state index contributed by atoms with van der Waals surface area (Å²) in [6.45, 7) is 2.77. The van der Waals surface area contributed by atoms with Crippen LogP contribution in [0.4, 0.5) is 0 Å². The zero-order valence-electron chi connectivity index (χ0n) is 11.5. The summed E-state index contributed by atoms with van der Waals surface area (Å²) < 4.78 is 31.6. The van der Waals surface area contributed by atoms with Gasteiger partial charge in [0, 0.05) is 25.6 Å². The molecule has 2 aliphatic heterocycles. The molecular weight excluding hydrogens is 284 g/mol. The molecule has 8 heteroatoms. The second kappa shape index (κ2) is 6.84. The van der Waals surface area contributed by atoms with Crippen LogP contribution in [0.3, 0.4) is 0 Å². The number of carboxylic acids is 1. The van der Waals surface area contributed by atoms with Crippen LogP contribution in [0.25, 0.3) is 0 Å². The molecule has 2 fully saturated rings. The molecule has 2 atom stereocenters. The lowest BCUT2D eigenvalue weighted by molar-refractivity contribution is -0.137. The van der Waals surface area contributed by atoms with E-state index in [1.165, 1.54) is 6.42 Å². The van der Waals surface area contributed by atoms with Gasteiger partial charge in [0.25, 0.3) is 0 Å². The van der Waals surface area contributed by atoms with Gasteiger partial charge < -0.3 is 9.84 Å². The topological polar surface area (TPSA) is 95.9 Å². The first-order valence-corrected chi connectivity index (χ1v) is 8.66. The number of nitrogens with zero attached hydrogens (tertiary/aromatic N) is 1. The number of nitrogens with one attached hydrogen (secondary N) is 1. The zero-order valence-corrected chi connectivity index (χ0v) is 12.3. The minimum Gasteiger partial charge on any atom is -0.481 e. The minimum absolute atomic E-state index is 0.112. The summed E-state index contributed by atoms with van der Waals surface area (Å²) in [5.41, 5.74) is 0. The summed E-state index contributed by atoms with van der Waals surface area (Å²) in [4.78, 5) is 12.7. The van der Waals surface area contributed by atoms with Crippen molar-refractivity contribution >= 4 is 16.0 Å². The molecule has 2 rings (SSSR count). The number of rotatable bonds is 7. The van der Waals surface area contributed by atoms with E-state index in [-0.39, 0.29) is 31.2 Å². The van der Waals surface area contributed by atoms with Crippen molar-refractivity contribution < 1.29 is 23.1 Å². The standard InChI is InChI=1S/C12H22N2O5S/c15-12(16)4-2-6-20(17,18)13-7-11-8-14-5-1-3-10(14)9-19-11/h10-11,13H,1-9H2,(H,15,16). The number of hydrogen-bond acceptors (Lipinski definition) is 5. The molecule has 0 bridgehead atoms. The molecule has 2 N–H and O–H groups in total. The van der Waals surface area contributed by atoms with Crippen LogP contribution in [0.5, 0.6) is 0 Å². The highest BCUT2D eigenvalue weighted by molar-refractivity contribution is 7.89. The molecule has 0 aromatic heterocycles. The molecule has 0 aliphatic carbocycles. The van der Waals surface area contributed by atoms with Gasteiger partial charge in [-0.3, -0.25) is 9.69 Å². The number of morpholine rings is 1. The Labute approximate surface area is 119 Å². The van der Waals surface area contributed by atoms with Gasteiger partial charge in [-0.1, -0.05) is 0 Å². The first-order chi connectivity index (χ1) is 9.46. The second-order valence-electron chi connectivity index (χ2n) is 5.41. The van der Waals surface area contributed by atoms with Crippen LogP contribution in [-0.4, -0.2) is 68.5 Å². The number of aliphatic carboxylic acids is 1. The van der Waals surface area contributed by atoms with Crippen molar-refractivity contribution in [3.63, 3.8) is 0 Å². The summed E-state index contributed by atoms with van der Waals surface area (Å²) in [7, 11) is -3.41. The molecule has 0 amide bonds. The lowest BCUT2D eigenvalue weighted by atomic mass is 10.2. The molecule has 2 heterocycles. The Morgan fingerprint density at radius 1 is 1.45 bits per heavy atom. The van der Waals surface area contributed by atoms with Crippen LogP contribution in [0.2, 0.25) is 0 Å². The van der Waals surface area contributed by atoms with E-state index in [2.05, 4.69) is 9.62 Å². The van der Waals surface area contributed by atoms with Gasteiger partial charge >= 0.3 is 5.97 Å². The van der Waals surface area contributed by atoms with Crippen LogP contribution < -0.4 is 4.72 Å². The molecule has 0 aromatic carbocycles. The number of ether oxygens (including phenoxy) is 1. The number of fused-ring (bicyclic) bond motifs is 1. The molecule has 0 saturated carbocycles.